The molecule has 56 heavy (non-hydrogen) atoms. The lowest BCUT2D eigenvalue weighted by Crippen LogP contribution is -2.55. The Bertz CT molecular complexity index is 1850. The number of β-amino-alcohol motifs (C(OH)–C–C–N with tert-alkyl or cyclic N) is 1. The lowest BCUT2D eigenvalue weighted by Gasteiger charge is -2.35. The summed E-state index contributed by atoms with van der Waals surface area (Å²) in [5.74, 6) is 0.783. The van der Waals surface area contributed by atoms with Gasteiger partial charge in [-0.05, 0) is 88.3 Å². The number of aliphatic hydroxyl groups is 1. The Labute approximate surface area is 329 Å². The van der Waals surface area contributed by atoms with Crippen LogP contribution in [0.3, 0.4) is 0 Å². The number of carbonyl (C=O) groups excluding carboxylic acids is 4. The van der Waals surface area contributed by atoms with Crippen LogP contribution in [-0.2, 0) is 14.4 Å². The molecule has 0 radical (unpaired) electrons. The van der Waals surface area contributed by atoms with Gasteiger partial charge in [0.1, 0.15) is 17.7 Å². The smallest absolute Gasteiger partial charge is 0.255 e. The van der Waals surface area contributed by atoms with Gasteiger partial charge in [0.05, 0.1) is 22.9 Å². The summed E-state index contributed by atoms with van der Waals surface area (Å²) in [6.07, 6.45) is 13.7. The molecular formula is C42H59N9O5. The van der Waals surface area contributed by atoms with Gasteiger partial charge in [0, 0.05) is 73.6 Å². The van der Waals surface area contributed by atoms with Crippen molar-refractivity contribution in [3.63, 3.8) is 0 Å². The quantitative estimate of drug-likeness (QED) is 0.106. The molecule has 3 aromatic heterocycles. The van der Waals surface area contributed by atoms with E-state index in [0.717, 1.165) is 61.5 Å². The number of pyridine rings is 3. The van der Waals surface area contributed by atoms with Crippen LogP contribution < -0.4 is 26.6 Å². The third kappa shape index (κ3) is 11.1. The number of likely N-dealkylation sites (tertiary alicyclic amines) is 1. The topological polar surface area (TPSA) is 191 Å². The van der Waals surface area contributed by atoms with E-state index in [1.165, 1.54) is 0 Å². The van der Waals surface area contributed by atoms with Crippen molar-refractivity contribution in [1.29, 1.82) is 0 Å². The molecule has 6 N–H and O–H groups in total. The van der Waals surface area contributed by atoms with Gasteiger partial charge >= 0.3 is 0 Å². The maximum Gasteiger partial charge on any atom is 0.255 e. The number of fused-ring (bicyclic) bond motifs is 1. The SMILES string of the molecule is C[C@@H]1C[C@@H](O)CN1C(=O)[C@H](NC(=O)CCCCCCNC(=O)C1CCC(NC(=O)c2cnc(Nc3ccc4cnccc4n3)cc2NC2CC2)CC1)C(C)(C)C. The molecular weight excluding hydrogens is 711 g/mol. The standard InChI is InChI=1S/C42H59N9O5/c1-26-21-31(52)25-51(26)41(56)38(42(2,3)4)50-37(53)9-7-5-6-8-19-44-39(54)27-10-13-30(14-11-27)47-40(55)32-24-45-36(22-34(32)46-29-15-16-29)49-35-17-12-28-23-43-20-18-33(28)48-35/h12,17-18,20,22-24,26-27,29-31,38,52H,5-11,13-16,19,21,25H2,1-4H3,(H,44,54)(H,47,55)(H,50,53)(H2,45,46,48,49)/t26-,27?,30?,31-,38+/m1/s1. The normalized spacial score (nSPS) is 21.6. The molecule has 3 fully saturated rings. The highest BCUT2D eigenvalue weighted by Gasteiger charge is 2.40. The summed E-state index contributed by atoms with van der Waals surface area (Å²) in [5.41, 5.74) is 1.60. The van der Waals surface area contributed by atoms with Crippen LogP contribution in [0.1, 0.15) is 115 Å². The minimum absolute atomic E-state index is 0.0138. The highest BCUT2D eigenvalue weighted by molar-refractivity contribution is 6.00. The molecule has 14 nitrogen and oxygen atoms in total. The first-order valence-electron chi connectivity index (χ1n) is 20.4. The van der Waals surface area contributed by atoms with Gasteiger partial charge in [-0.1, -0.05) is 33.6 Å². The number of hydrogen-bond donors (Lipinski definition) is 6. The average molecular weight is 770 g/mol. The number of nitrogens with one attached hydrogen (secondary N) is 5. The molecule has 14 heteroatoms. The van der Waals surface area contributed by atoms with Crippen molar-refractivity contribution in [3.8, 4) is 0 Å². The van der Waals surface area contributed by atoms with E-state index in [4.69, 9.17) is 0 Å². The molecule has 0 spiro atoms. The summed E-state index contributed by atoms with van der Waals surface area (Å²) in [4.78, 5) is 67.5. The monoisotopic (exact) mass is 769 g/mol. The first-order valence-corrected chi connectivity index (χ1v) is 20.4. The van der Waals surface area contributed by atoms with E-state index in [9.17, 15) is 24.3 Å². The third-order valence-electron chi connectivity index (χ3n) is 11.1. The van der Waals surface area contributed by atoms with Gasteiger partial charge in [-0.2, -0.15) is 0 Å². The third-order valence-corrected chi connectivity index (χ3v) is 11.1. The summed E-state index contributed by atoms with van der Waals surface area (Å²) in [6.45, 7) is 8.64. The highest BCUT2D eigenvalue weighted by atomic mass is 16.3. The summed E-state index contributed by atoms with van der Waals surface area (Å²) >= 11 is 0. The predicted molar refractivity (Wildman–Crippen MR) is 216 cm³/mol. The Kier molecular flexibility index (Phi) is 13.4. The molecule has 3 aromatic rings. The molecule has 0 aromatic carbocycles. The van der Waals surface area contributed by atoms with Crippen LogP contribution in [0.25, 0.3) is 10.9 Å². The van der Waals surface area contributed by atoms with Crippen LogP contribution >= 0.6 is 0 Å². The lowest BCUT2D eigenvalue weighted by atomic mass is 9.85. The molecule has 4 heterocycles. The van der Waals surface area contributed by atoms with Crippen LogP contribution in [0.4, 0.5) is 17.3 Å². The van der Waals surface area contributed by atoms with E-state index in [1.54, 1.807) is 23.5 Å². The Morgan fingerprint density at radius 3 is 2.39 bits per heavy atom. The highest BCUT2D eigenvalue weighted by Crippen LogP contribution is 2.31. The van der Waals surface area contributed by atoms with Crippen molar-refractivity contribution in [2.45, 2.75) is 135 Å². The number of nitrogens with zero attached hydrogens (tertiary/aromatic N) is 4. The number of hydrogen-bond acceptors (Lipinski definition) is 10. The molecule has 302 valence electrons. The van der Waals surface area contributed by atoms with Gasteiger partial charge in [-0.3, -0.25) is 24.2 Å². The first kappa shape index (κ1) is 40.8. The number of aromatic nitrogens is 3. The fraction of sp³-hybridized carbons (Fsp3) is 0.595. The van der Waals surface area contributed by atoms with E-state index in [0.29, 0.717) is 68.4 Å². The summed E-state index contributed by atoms with van der Waals surface area (Å²) in [5, 5.41) is 27.0. The molecule has 3 atom stereocenters. The summed E-state index contributed by atoms with van der Waals surface area (Å²) < 4.78 is 0. The molecule has 1 aliphatic heterocycles. The van der Waals surface area contributed by atoms with Gasteiger partial charge in [-0.15, -0.1) is 0 Å². The Hall–Kier alpha value is -4.85. The maximum atomic E-state index is 13.5. The van der Waals surface area contributed by atoms with Crippen molar-refractivity contribution in [2.75, 3.05) is 23.7 Å². The maximum absolute atomic E-state index is 13.5. The van der Waals surface area contributed by atoms with Crippen LogP contribution in [0.2, 0.25) is 0 Å². The van der Waals surface area contributed by atoms with Crippen molar-refractivity contribution in [1.82, 2.24) is 35.8 Å². The second kappa shape index (κ2) is 18.4. The number of rotatable bonds is 16. The predicted octanol–water partition coefficient (Wildman–Crippen LogP) is 5.21. The Morgan fingerprint density at radius 1 is 0.929 bits per heavy atom. The molecule has 4 amide bonds. The molecule has 6 rings (SSSR count). The Morgan fingerprint density at radius 2 is 1.68 bits per heavy atom. The molecule has 0 bridgehead atoms. The van der Waals surface area contributed by atoms with Crippen LogP contribution in [-0.4, -0.2) is 91.9 Å². The number of carbonyl (C=O) groups is 4. The minimum atomic E-state index is -0.650. The van der Waals surface area contributed by atoms with E-state index < -0.39 is 17.6 Å². The zero-order valence-corrected chi connectivity index (χ0v) is 33.3. The fourth-order valence-electron chi connectivity index (χ4n) is 7.68. The van der Waals surface area contributed by atoms with Gasteiger partial charge in [-0.25, -0.2) is 9.97 Å². The summed E-state index contributed by atoms with van der Waals surface area (Å²) in [7, 11) is 0. The minimum Gasteiger partial charge on any atom is -0.391 e. The molecule has 0 unspecified atom stereocenters. The number of amides is 4. The van der Waals surface area contributed by atoms with E-state index in [2.05, 4.69) is 41.5 Å². The number of aliphatic hydroxyl groups excluding tert-OH is 1. The zero-order valence-electron chi connectivity index (χ0n) is 33.3. The molecule has 1 saturated heterocycles. The lowest BCUT2D eigenvalue weighted by molar-refractivity contribution is -0.140. The van der Waals surface area contributed by atoms with Gasteiger partial charge in [0.2, 0.25) is 17.7 Å². The molecule has 3 aliphatic rings. The molecule has 2 aliphatic carbocycles. The van der Waals surface area contributed by atoms with Crippen molar-refractivity contribution in [2.24, 2.45) is 11.3 Å². The Balaban J connectivity index is 0.875. The number of unbranched alkanes of at least 4 members (excludes halogenated alkanes) is 3. The molecule has 2 saturated carbocycles. The van der Waals surface area contributed by atoms with Gasteiger partial charge in [0.25, 0.3) is 5.91 Å². The van der Waals surface area contributed by atoms with Gasteiger partial charge < -0.3 is 36.6 Å². The second-order valence-electron chi connectivity index (χ2n) is 17.0. The number of anilines is 3. The van der Waals surface area contributed by atoms with Crippen LogP contribution in [0.15, 0.2) is 42.9 Å². The fourth-order valence-corrected chi connectivity index (χ4v) is 7.68. The van der Waals surface area contributed by atoms with E-state index in [-0.39, 0.29) is 41.6 Å². The van der Waals surface area contributed by atoms with E-state index >= 15 is 0 Å². The van der Waals surface area contributed by atoms with Gasteiger partial charge in [0.15, 0.2) is 0 Å². The summed E-state index contributed by atoms with van der Waals surface area (Å²) in [6, 6.07) is 7.18. The largest absolute Gasteiger partial charge is 0.391 e. The van der Waals surface area contributed by atoms with E-state index in [1.807, 2.05) is 52.0 Å². The zero-order chi connectivity index (χ0) is 39.8. The van der Waals surface area contributed by atoms with Crippen molar-refractivity contribution >= 4 is 51.9 Å². The van der Waals surface area contributed by atoms with Crippen molar-refractivity contribution in [3.05, 3.63) is 48.4 Å². The average Bonchev–Trinajstić information content (AvgIpc) is 3.92. The second-order valence-corrected chi connectivity index (χ2v) is 17.0. The van der Waals surface area contributed by atoms with Crippen molar-refractivity contribution < 1.29 is 24.3 Å². The van der Waals surface area contributed by atoms with Crippen LogP contribution in [0.5, 0.6) is 0 Å². The van der Waals surface area contributed by atoms with Crippen LogP contribution in [0, 0.1) is 11.3 Å². The first-order chi connectivity index (χ1) is 26.8.